The number of nitrogens with zero attached hydrogens (tertiary/aromatic N) is 1. The van der Waals surface area contributed by atoms with Crippen molar-refractivity contribution in [2.24, 2.45) is 0 Å². The molecule has 0 aliphatic carbocycles. The van der Waals surface area contributed by atoms with E-state index in [1.807, 2.05) is 36.4 Å². The van der Waals surface area contributed by atoms with Crippen molar-refractivity contribution in [2.45, 2.75) is 35.1 Å². The second-order valence-electron chi connectivity index (χ2n) is 8.90. The lowest BCUT2D eigenvalue weighted by atomic mass is 10.0. The number of hydrogen-bond acceptors (Lipinski definition) is 6. The van der Waals surface area contributed by atoms with Gasteiger partial charge in [-0.1, -0.05) is 60.1 Å². The standard InChI is InChI=1S/C28H24ClN3O5S/c29-18-11-12-20-22(15-18)38-26(17-7-3-1-4-8-17)25(31-27(35)21-13-14-24(34)37-21)28(36)32(20)16-23(33)30-19-9-5-2-6-10-19/h1-12,15,21,25-26H,13-14,16H2,(H,30,33)(H,31,35)/t21-,25+,26+/m0/s1. The average molecular weight is 550 g/mol. The second kappa shape index (κ2) is 11.3. The van der Waals surface area contributed by atoms with E-state index in [0.29, 0.717) is 21.3 Å². The Balaban J connectivity index is 1.51. The Morgan fingerprint density at radius 2 is 1.71 bits per heavy atom. The number of para-hydroxylation sites is 1. The quantitative estimate of drug-likeness (QED) is 0.443. The highest BCUT2D eigenvalue weighted by molar-refractivity contribution is 7.99. The number of fused-ring (bicyclic) bond motifs is 1. The average Bonchev–Trinajstić information content (AvgIpc) is 3.32. The van der Waals surface area contributed by atoms with Crippen LogP contribution in [-0.4, -0.2) is 42.4 Å². The maximum absolute atomic E-state index is 14.2. The van der Waals surface area contributed by atoms with Crippen LogP contribution >= 0.6 is 23.4 Å². The van der Waals surface area contributed by atoms with Crippen molar-refractivity contribution in [1.82, 2.24) is 5.32 Å². The number of cyclic esters (lactones) is 1. The van der Waals surface area contributed by atoms with Gasteiger partial charge in [0.05, 0.1) is 10.9 Å². The van der Waals surface area contributed by atoms with Gasteiger partial charge in [-0.2, -0.15) is 0 Å². The molecule has 3 amide bonds. The first-order valence-electron chi connectivity index (χ1n) is 12.1. The summed E-state index contributed by atoms with van der Waals surface area (Å²) in [7, 11) is 0. The lowest BCUT2D eigenvalue weighted by Crippen LogP contribution is -2.53. The molecule has 2 aliphatic rings. The molecular formula is C28H24ClN3O5S. The molecule has 38 heavy (non-hydrogen) atoms. The number of ether oxygens (including phenoxy) is 1. The van der Waals surface area contributed by atoms with Crippen molar-refractivity contribution in [3.63, 3.8) is 0 Å². The summed E-state index contributed by atoms with van der Waals surface area (Å²) in [5, 5.41) is 5.58. The molecule has 2 heterocycles. The fourth-order valence-electron chi connectivity index (χ4n) is 4.45. The van der Waals surface area contributed by atoms with Gasteiger partial charge in [0.1, 0.15) is 12.6 Å². The van der Waals surface area contributed by atoms with Crippen LogP contribution in [0.25, 0.3) is 0 Å². The van der Waals surface area contributed by atoms with E-state index in [-0.39, 0.29) is 19.4 Å². The van der Waals surface area contributed by atoms with Crippen molar-refractivity contribution < 1.29 is 23.9 Å². The molecule has 3 aromatic rings. The molecule has 0 bridgehead atoms. The lowest BCUT2D eigenvalue weighted by molar-refractivity contribution is -0.148. The minimum Gasteiger partial charge on any atom is -0.452 e. The van der Waals surface area contributed by atoms with E-state index in [0.717, 1.165) is 5.56 Å². The van der Waals surface area contributed by atoms with Crippen LogP contribution in [0.4, 0.5) is 11.4 Å². The maximum atomic E-state index is 14.2. The summed E-state index contributed by atoms with van der Waals surface area (Å²) < 4.78 is 5.14. The van der Waals surface area contributed by atoms with E-state index in [1.165, 1.54) is 16.7 Å². The van der Waals surface area contributed by atoms with Crippen molar-refractivity contribution in [3.05, 3.63) is 89.4 Å². The molecule has 3 atom stereocenters. The van der Waals surface area contributed by atoms with E-state index in [4.69, 9.17) is 16.3 Å². The number of rotatable bonds is 6. The van der Waals surface area contributed by atoms with Gasteiger partial charge in [0.15, 0.2) is 6.10 Å². The summed E-state index contributed by atoms with van der Waals surface area (Å²) in [6.07, 6.45) is -0.580. The van der Waals surface area contributed by atoms with Gasteiger partial charge in [-0.25, -0.2) is 0 Å². The van der Waals surface area contributed by atoms with Crippen LogP contribution in [0.5, 0.6) is 0 Å². The highest BCUT2D eigenvalue weighted by Crippen LogP contribution is 2.46. The van der Waals surface area contributed by atoms with Gasteiger partial charge in [0.2, 0.25) is 5.91 Å². The number of nitrogens with one attached hydrogen (secondary N) is 2. The predicted molar refractivity (Wildman–Crippen MR) is 145 cm³/mol. The summed E-state index contributed by atoms with van der Waals surface area (Å²) in [4.78, 5) is 54.0. The van der Waals surface area contributed by atoms with Crippen LogP contribution in [0.3, 0.4) is 0 Å². The SMILES string of the molecule is O=C(CN1C(=O)[C@H](NC(=O)[C@@H]2CCC(=O)O2)[C@@H](c2ccccc2)Sc2cc(Cl)ccc21)Nc1ccccc1. The van der Waals surface area contributed by atoms with Gasteiger partial charge >= 0.3 is 5.97 Å². The zero-order chi connectivity index (χ0) is 26.6. The summed E-state index contributed by atoms with van der Waals surface area (Å²) in [6, 6.07) is 22.3. The Labute approximate surface area is 228 Å². The van der Waals surface area contributed by atoms with Crippen molar-refractivity contribution in [3.8, 4) is 0 Å². The van der Waals surface area contributed by atoms with Crippen LogP contribution in [0.15, 0.2) is 83.8 Å². The normalized spacial score (nSPS) is 20.8. The maximum Gasteiger partial charge on any atom is 0.306 e. The number of carbonyl (C=O) groups excluding carboxylic acids is 4. The van der Waals surface area contributed by atoms with Gasteiger partial charge < -0.3 is 20.3 Å². The third-order valence-electron chi connectivity index (χ3n) is 6.26. The number of halogens is 1. The monoisotopic (exact) mass is 549 g/mol. The summed E-state index contributed by atoms with van der Waals surface area (Å²) in [5.41, 5.74) is 1.92. The van der Waals surface area contributed by atoms with Gasteiger partial charge in [0.25, 0.3) is 11.8 Å². The van der Waals surface area contributed by atoms with Gasteiger partial charge in [-0.3, -0.25) is 19.2 Å². The Morgan fingerprint density at radius 3 is 2.39 bits per heavy atom. The summed E-state index contributed by atoms with van der Waals surface area (Å²) in [5.74, 6) is -1.86. The van der Waals surface area contributed by atoms with E-state index in [1.54, 1.807) is 42.5 Å². The Bertz CT molecular complexity index is 1370. The lowest BCUT2D eigenvalue weighted by Gasteiger charge is -2.29. The molecule has 0 unspecified atom stereocenters. The van der Waals surface area contributed by atoms with Crippen molar-refractivity contribution in [2.75, 3.05) is 16.8 Å². The van der Waals surface area contributed by atoms with Crippen molar-refractivity contribution >= 4 is 58.4 Å². The van der Waals surface area contributed by atoms with Crippen LogP contribution in [0.1, 0.15) is 23.7 Å². The molecule has 2 N–H and O–H groups in total. The number of amides is 3. The van der Waals surface area contributed by atoms with Gasteiger partial charge in [0, 0.05) is 28.4 Å². The van der Waals surface area contributed by atoms with E-state index in [2.05, 4.69) is 10.6 Å². The number of esters is 1. The Hall–Kier alpha value is -3.82. The first-order valence-corrected chi connectivity index (χ1v) is 13.3. The van der Waals surface area contributed by atoms with Crippen LogP contribution < -0.4 is 15.5 Å². The molecule has 1 saturated heterocycles. The van der Waals surface area contributed by atoms with Crippen LogP contribution in [0, 0.1) is 0 Å². The fourth-order valence-corrected chi connectivity index (χ4v) is 6.07. The zero-order valence-electron chi connectivity index (χ0n) is 20.1. The predicted octanol–water partition coefficient (Wildman–Crippen LogP) is 4.35. The highest BCUT2D eigenvalue weighted by Gasteiger charge is 2.42. The van der Waals surface area contributed by atoms with E-state index in [9.17, 15) is 19.2 Å². The minimum absolute atomic E-state index is 0.142. The highest BCUT2D eigenvalue weighted by atomic mass is 35.5. The Kier molecular flexibility index (Phi) is 7.67. The molecule has 0 saturated carbocycles. The smallest absolute Gasteiger partial charge is 0.306 e. The van der Waals surface area contributed by atoms with Crippen LogP contribution in [0.2, 0.25) is 5.02 Å². The number of hydrogen-bond donors (Lipinski definition) is 2. The van der Waals surface area contributed by atoms with Crippen molar-refractivity contribution in [1.29, 1.82) is 0 Å². The zero-order valence-corrected chi connectivity index (χ0v) is 21.7. The Morgan fingerprint density at radius 1 is 1.00 bits per heavy atom. The summed E-state index contributed by atoms with van der Waals surface area (Å²) in [6.45, 7) is -0.283. The molecule has 0 spiro atoms. The molecule has 5 rings (SSSR count). The molecule has 0 radical (unpaired) electrons. The molecule has 1 fully saturated rings. The molecule has 2 aliphatic heterocycles. The van der Waals surface area contributed by atoms with Crippen LogP contribution in [-0.2, 0) is 23.9 Å². The molecule has 0 aromatic heterocycles. The molecule has 3 aromatic carbocycles. The third-order valence-corrected chi connectivity index (χ3v) is 7.88. The first kappa shape index (κ1) is 25.8. The second-order valence-corrected chi connectivity index (χ2v) is 10.5. The minimum atomic E-state index is -1.05. The first-order chi connectivity index (χ1) is 18.4. The van der Waals surface area contributed by atoms with Gasteiger partial charge in [-0.15, -0.1) is 11.8 Å². The third kappa shape index (κ3) is 5.69. The number of benzene rings is 3. The number of anilines is 2. The largest absolute Gasteiger partial charge is 0.452 e. The van der Waals surface area contributed by atoms with E-state index < -0.39 is 41.1 Å². The molecule has 194 valence electrons. The number of carbonyl (C=O) groups is 4. The number of thioether (sulfide) groups is 1. The molecular weight excluding hydrogens is 526 g/mol. The molecule has 8 nitrogen and oxygen atoms in total. The van der Waals surface area contributed by atoms with Gasteiger partial charge in [-0.05, 0) is 35.9 Å². The fraction of sp³-hybridized carbons (Fsp3) is 0.214. The molecule has 10 heteroatoms. The topological polar surface area (TPSA) is 105 Å². The van der Waals surface area contributed by atoms with E-state index >= 15 is 0 Å². The summed E-state index contributed by atoms with van der Waals surface area (Å²) >= 11 is 7.70.